The molecule has 3 rings (SSSR count). The van der Waals surface area contributed by atoms with Gasteiger partial charge in [-0.2, -0.15) is 0 Å². The minimum absolute atomic E-state index is 0.0328. The number of fused-ring (bicyclic) bond motifs is 1. The van der Waals surface area contributed by atoms with E-state index in [4.69, 9.17) is 9.47 Å². The fraction of sp³-hybridized carbons (Fsp3) is 0.278. The monoisotopic (exact) mass is 314 g/mol. The molecule has 0 radical (unpaired) electrons. The van der Waals surface area contributed by atoms with Crippen LogP contribution in [0.15, 0.2) is 30.3 Å². The van der Waals surface area contributed by atoms with Crippen LogP contribution in [0.1, 0.15) is 27.9 Å². The number of phenols is 2. The highest BCUT2D eigenvalue weighted by Gasteiger charge is 2.17. The second kappa shape index (κ2) is 6.20. The number of rotatable bonds is 3. The van der Waals surface area contributed by atoms with Gasteiger partial charge in [0.05, 0.1) is 18.8 Å². The molecule has 0 amide bonds. The fourth-order valence-corrected chi connectivity index (χ4v) is 2.51. The molecule has 0 atom stereocenters. The van der Waals surface area contributed by atoms with Crippen molar-refractivity contribution in [3.63, 3.8) is 0 Å². The van der Waals surface area contributed by atoms with E-state index in [-0.39, 0.29) is 29.3 Å². The van der Waals surface area contributed by atoms with E-state index in [0.717, 1.165) is 12.0 Å². The second-order valence-corrected chi connectivity index (χ2v) is 5.54. The van der Waals surface area contributed by atoms with Gasteiger partial charge in [0.15, 0.2) is 17.3 Å². The van der Waals surface area contributed by atoms with Crippen molar-refractivity contribution in [3.05, 3.63) is 47.0 Å². The minimum Gasteiger partial charge on any atom is -0.508 e. The molecule has 2 aromatic carbocycles. The van der Waals surface area contributed by atoms with Crippen molar-refractivity contribution >= 4 is 5.78 Å². The Morgan fingerprint density at radius 1 is 1.09 bits per heavy atom. The summed E-state index contributed by atoms with van der Waals surface area (Å²) in [7, 11) is 0. The average Bonchev–Trinajstić information content (AvgIpc) is 2.77. The molecule has 0 aromatic heterocycles. The molecule has 1 aliphatic heterocycles. The standard InChI is InChI=1S/C18H18O5/c1-11-14(19)5-4-13(18(11)21)15(20)9-12-3-6-16-17(10-12)23-8-2-7-22-16/h3-6,10,19,21H,2,7-9H2,1H3. The first-order chi connectivity index (χ1) is 11.1. The van der Waals surface area contributed by atoms with E-state index >= 15 is 0 Å². The van der Waals surface area contributed by atoms with Gasteiger partial charge in [-0.15, -0.1) is 0 Å². The maximum Gasteiger partial charge on any atom is 0.170 e. The first-order valence-corrected chi connectivity index (χ1v) is 7.49. The molecule has 1 heterocycles. The number of carbonyl (C=O) groups excluding carboxylic acids is 1. The van der Waals surface area contributed by atoms with Gasteiger partial charge in [-0.3, -0.25) is 4.79 Å². The van der Waals surface area contributed by atoms with Gasteiger partial charge >= 0.3 is 0 Å². The highest BCUT2D eigenvalue weighted by atomic mass is 16.5. The number of benzene rings is 2. The van der Waals surface area contributed by atoms with E-state index in [1.54, 1.807) is 19.1 Å². The Morgan fingerprint density at radius 2 is 1.83 bits per heavy atom. The Bertz CT molecular complexity index is 751. The number of hydrogen-bond donors (Lipinski definition) is 2. The molecule has 0 fully saturated rings. The Kier molecular flexibility index (Phi) is 4.10. The highest BCUT2D eigenvalue weighted by molar-refractivity contribution is 6.00. The summed E-state index contributed by atoms with van der Waals surface area (Å²) < 4.78 is 11.2. The fourth-order valence-electron chi connectivity index (χ4n) is 2.51. The normalized spacial score (nSPS) is 13.4. The number of carbonyl (C=O) groups is 1. The lowest BCUT2D eigenvalue weighted by Crippen LogP contribution is -2.05. The zero-order valence-corrected chi connectivity index (χ0v) is 12.8. The predicted molar refractivity (Wildman–Crippen MR) is 84.6 cm³/mol. The summed E-state index contributed by atoms with van der Waals surface area (Å²) in [6.07, 6.45) is 0.956. The van der Waals surface area contributed by atoms with Crippen LogP contribution in [0.5, 0.6) is 23.0 Å². The summed E-state index contributed by atoms with van der Waals surface area (Å²) >= 11 is 0. The molecule has 0 unspecified atom stereocenters. The van der Waals surface area contributed by atoms with Gasteiger partial charge < -0.3 is 19.7 Å². The Morgan fingerprint density at radius 3 is 2.61 bits per heavy atom. The molecule has 0 saturated heterocycles. The van der Waals surface area contributed by atoms with Crippen LogP contribution in [-0.2, 0) is 6.42 Å². The van der Waals surface area contributed by atoms with Crippen molar-refractivity contribution in [3.8, 4) is 23.0 Å². The topological polar surface area (TPSA) is 76.0 Å². The number of ketones is 1. The first-order valence-electron chi connectivity index (χ1n) is 7.49. The molecule has 0 saturated carbocycles. The van der Waals surface area contributed by atoms with E-state index in [1.165, 1.54) is 12.1 Å². The quantitative estimate of drug-likeness (QED) is 0.852. The summed E-state index contributed by atoms with van der Waals surface area (Å²) in [5, 5.41) is 19.6. The summed E-state index contributed by atoms with van der Waals surface area (Å²) in [6.45, 7) is 2.77. The third kappa shape index (κ3) is 3.08. The Labute approximate surface area is 134 Å². The van der Waals surface area contributed by atoms with Crippen molar-refractivity contribution in [1.29, 1.82) is 0 Å². The maximum absolute atomic E-state index is 12.4. The minimum atomic E-state index is -0.222. The zero-order valence-electron chi connectivity index (χ0n) is 12.8. The van der Waals surface area contributed by atoms with Crippen LogP contribution in [-0.4, -0.2) is 29.2 Å². The smallest absolute Gasteiger partial charge is 0.170 e. The van der Waals surface area contributed by atoms with Crippen LogP contribution in [0.3, 0.4) is 0 Å². The third-order valence-corrected chi connectivity index (χ3v) is 3.88. The largest absolute Gasteiger partial charge is 0.508 e. The molecule has 23 heavy (non-hydrogen) atoms. The Hall–Kier alpha value is -2.69. The van der Waals surface area contributed by atoms with Gasteiger partial charge in [-0.05, 0) is 36.8 Å². The first kappa shape index (κ1) is 15.2. The molecular weight excluding hydrogens is 296 g/mol. The number of aromatic hydroxyl groups is 2. The van der Waals surface area contributed by atoms with Crippen molar-refractivity contribution < 1.29 is 24.5 Å². The van der Waals surface area contributed by atoms with Gasteiger partial charge in [0.2, 0.25) is 0 Å². The lowest BCUT2D eigenvalue weighted by Gasteiger charge is -2.10. The average molecular weight is 314 g/mol. The number of phenolic OH excluding ortho intramolecular Hbond substituents is 2. The van der Waals surface area contributed by atoms with Gasteiger partial charge in [0, 0.05) is 18.4 Å². The molecule has 120 valence electrons. The van der Waals surface area contributed by atoms with Crippen LogP contribution in [0.4, 0.5) is 0 Å². The van der Waals surface area contributed by atoms with E-state index in [0.29, 0.717) is 30.3 Å². The van der Waals surface area contributed by atoms with Crippen molar-refractivity contribution in [2.24, 2.45) is 0 Å². The molecule has 5 nitrogen and oxygen atoms in total. The van der Waals surface area contributed by atoms with Gasteiger partial charge in [-0.25, -0.2) is 0 Å². The lowest BCUT2D eigenvalue weighted by molar-refractivity contribution is 0.0990. The van der Waals surface area contributed by atoms with E-state index < -0.39 is 0 Å². The number of Topliss-reactive ketones (excluding diaryl/α,β-unsaturated/α-hetero) is 1. The summed E-state index contributed by atoms with van der Waals surface area (Å²) in [5.41, 5.74) is 1.28. The van der Waals surface area contributed by atoms with Crippen molar-refractivity contribution in [1.82, 2.24) is 0 Å². The van der Waals surface area contributed by atoms with E-state index in [9.17, 15) is 15.0 Å². The zero-order chi connectivity index (χ0) is 16.4. The summed E-state index contributed by atoms with van der Waals surface area (Å²) in [4.78, 5) is 12.4. The molecule has 2 aromatic rings. The van der Waals surface area contributed by atoms with Crippen LogP contribution in [0, 0.1) is 6.92 Å². The van der Waals surface area contributed by atoms with Crippen LogP contribution >= 0.6 is 0 Å². The summed E-state index contributed by atoms with van der Waals surface area (Å²) in [6, 6.07) is 8.25. The molecule has 5 heteroatoms. The SMILES string of the molecule is Cc1c(O)ccc(C(=O)Cc2ccc3c(c2)OCCCO3)c1O. The van der Waals surface area contributed by atoms with Gasteiger partial charge in [-0.1, -0.05) is 6.07 Å². The van der Waals surface area contributed by atoms with Crippen LogP contribution in [0.25, 0.3) is 0 Å². The highest BCUT2D eigenvalue weighted by Crippen LogP contribution is 2.33. The van der Waals surface area contributed by atoms with Crippen molar-refractivity contribution in [2.45, 2.75) is 19.8 Å². The van der Waals surface area contributed by atoms with Gasteiger partial charge in [0.25, 0.3) is 0 Å². The lowest BCUT2D eigenvalue weighted by atomic mass is 9.99. The van der Waals surface area contributed by atoms with Crippen LogP contribution < -0.4 is 9.47 Å². The number of ether oxygens (including phenoxy) is 2. The molecule has 0 spiro atoms. The molecule has 2 N–H and O–H groups in total. The van der Waals surface area contributed by atoms with Crippen LogP contribution in [0.2, 0.25) is 0 Å². The van der Waals surface area contributed by atoms with Gasteiger partial charge in [0.1, 0.15) is 11.5 Å². The third-order valence-electron chi connectivity index (χ3n) is 3.88. The second-order valence-electron chi connectivity index (χ2n) is 5.54. The number of hydrogen-bond acceptors (Lipinski definition) is 5. The van der Waals surface area contributed by atoms with E-state index in [2.05, 4.69) is 0 Å². The van der Waals surface area contributed by atoms with Crippen molar-refractivity contribution in [2.75, 3.05) is 13.2 Å². The molecular formula is C18H18O5. The Balaban J connectivity index is 1.83. The maximum atomic E-state index is 12.4. The molecule has 0 aliphatic carbocycles. The molecule has 0 bridgehead atoms. The predicted octanol–water partition coefficient (Wildman–Crippen LogP) is 2.99. The summed E-state index contributed by atoms with van der Waals surface area (Å²) in [5.74, 6) is 0.889. The van der Waals surface area contributed by atoms with E-state index in [1.807, 2.05) is 6.07 Å². The molecule has 1 aliphatic rings.